The molecular weight excluding hydrogens is 351 g/mol. The van der Waals surface area contributed by atoms with E-state index >= 15 is 0 Å². The monoisotopic (exact) mass is 378 g/mol. The van der Waals surface area contributed by atoms with Crippen molar-refractivity contribution >= 4 is 23.0 Å². The first-order valence-corrected chi connectivity index (χ1v) is 9.77. The fraction of sp³-hybridized carbons (Fsp3) is 0.632. The number of piperazine rings is 1. The fourth-order valence-corrected chi connectivity index (χ4v) is 3.89. The number of hydrogen-bond donors (Lipinski definition) is 0. The number of hydrogen-bond acceptors (Lipinski definition) is 5. The summed E-state index contributed by atoms with van der Waals surface area (Å²) in [5.41, 5.74) is 0.686. The van der Waals surface area contributed by atoms with Crippen molar-refractivity contribution in [3.8, 4) is 0 Å². The minimum Gasteiger partial charge on any atom is -0.369 e. The van der Waals surface area contributed by atoms with Crippen LogP contribution in [-0.2, 0) is 4.79 Å². The molecule has 3 rings (SSSR count). The van der Waals surface area contributed by atoms with E-state index in [2.05, 4.69) is 0 Å². The molecule has 0 spiro atoms. The molecule has 2 fully saturated rings. The van der Waals surface area contributed by atoms with Crippen LogP contribution in [0.15, 0.2) is 12.1 Å². The summed E-state index contributed by atoms with van der Waals surface area (Å²) in [7, 11) is 0. The standard InChI is InChI=1S/C19H27FN4O3/c1-2-6-19(25)23-11-9-22(10-12-23)17-14-16(21-7-4-3-5-8-21)15(20)13-18(17)24(26)27/h13-14H,2-12H2,1H3. The number of nitro benzene ring substituents is 1. The summed E-state index contributed by atoms with van der Waals surface area (Å²) in [6.07, 6.45) is 4.47. The van der Waals surface area contributed by atoms with Gasteiger partial charge in [-0.05, 0) is 31.7 Å². The lowest BCUT2D eigenvalue weighted by Crippen LogP contribution is -2.49. The van der Waals surface area contributed by atoms with Gasteiger partial charge in [0.2, 0.25) is 5.91 Å². The van der Waals surface area contributed by atoms with Crippen LogP contribution < -0.4 is 9.80 Å². The van der Waals surface area contributed by atoms with Gasteiger partial charge < -0.3 is 14.7 Å². The van der Waals surface area contributed by atoms with Gasteiger partial charge in [0.1, 0.15) is 5.69 Å². The van der Waals surface area contributed by atoms with Gasteiger partial charge in [-0.25, -0.2) is 4.39 Å². The number of carbonyl (C=O) groups is 1. The van der Waals surface area contributed by atoms with Crippen LogP contribution in [-0.4, -0.2) is 55.0 Å². The Morgan fingerprint density at radius 3 is 2.26 bits per heavy atom. The van der Waals surface area contributed by atoms with Crippen molar-refractivity contribution in [3.05, 3.63) is 28.1 Å². The highest BCUT2D eigenvalue weighted by atomic mass is 19.1. The highest BCUT2D eigenvalue weighted by molar-refractivity contribution is 5.77. The van der Waals surface area contributed by atoms with E-state index in [1.165, 1.54) is 0 Å². The number of halogens is 1. The number of benzene rings is 1. The molecule has 2 heterocycles. The predicted octanol–water partition coefficient (Wildman–Crippen LogP) is 3.17. The third kappa shape index (κ3) is 4.31. The molecule has 1 aromatic carbocycles. The minimum absolute atomic E-state index is 0.125. The van der Waals surface area contributed by atoms with Crippen LogP contribution in [0.25, 0.3) is 0 Å². The first-order chi connectivity index (χ1) is 13.0. The minimum atomic E-state index is -0.538. The van der Waals surface area contributed by atoms with Crippen LogP contribution in [0.5, 0.6) is 0 Å². The zero-order valence-corrected chi connectivity index (χ0v) is 15.8. The van der Waals surface area contributed by atoms with Crippen LogP contribution in [0.2, 0.25) is 0 Å². The number of carbonyl (C=O) groups excluding carboxylic acids is 1. The quantitative estimate of drug-likeness (QED) is 0.581. The molecule has 2 saturated heterocycles. The highest BCUT2D eigenvalue weighted by Gasteiger charge is 2.28. The second-order valence-corrected chi connectivity index (χ2v) is 7.21. The Hall–Kier alpha value is -2.38. The molecule has 0 aliphatic carbocycles. The van der Waals surface area contributed by atoms with Crippen molar-refractivity contribution in [2.24, 2.45) is 0 Å². The highest BCUT2D eigenvalue weighted by Crippen LogP contribution is 2.36. The molecule has 8 heteroatoms. The lowest BCUT2D eigenvalue weighted by molar-refractivity contribution is -0.384. The Kier molecular flexibility index (Phi) is 6.13. The lowest BCUT2D eigenvalue weighted by atomic mass is 10.1. The van der Waals surface area contributed by atoms with E-state index in [1.807, 2.05) is 16.7 Å². The summed E-state index contributed by atoms with van der Waals surface area (Å²) < 4.78 is 14.6. The van der Waals surface area contributed by atoms with Crippen LogP contribution in [0.4, 0.5) is 21.5 Å². The fourth-order valence-electron chi connectivity index (χ4n) is 3.89. The number of nitro groups is 1. The summed E-state index contributed by atoms with van der Waals surface area (Å²) in [6, 6.07) is 2.68. The molecule has 2 aliphatic heterocycles. The number of nitrogens with zero attached hydrogens (tertiary/aromatic N) is 4. The Balaban J connectivity index is 1.83. The normalized spacial score (nSPS) is 17.9. The van der Waals surface area contributed by atoms with Gasteiger partial charge >= 0.3 is 0 Å². The van der Waals surface area contributed by atoms with Crippen molar-refractivity contribution in [2.45, 2.75) is 39.0 Å². The number of rotatable bonds is 5. The zero-order chi connectivity index (χ0) is 19.4. The largest absolute Gasteiger partial charge is 0.369 e. The van der Waals surface area contributed by atoms with E-state index in [1.54, 1.807) is 11.0 Å². The molecular formula is C19H27FN4O3. The summed E-state index contributed by atoms with van der Waals surface area (Å²) in [5.74, 6) is -0.413. The Labute approximate surface area is 158 Å². The molecule has 7 nitrogen and oxygen atoms in total. The molecule has 2 aliphatic rings. The Morgan fingerprint density at radius 2 is 1.67 bits per heavy atom. The van der Waals surface area contributed by atoms with E-state index in [0.29, 0.717) is 44.0 Å². The second kappa shape index (κ2) is 8.54. The number of piperidine rings is 1. The topological polar surface area (TPSA) is 69.9 Å². The Morgan fingerprint density at radius 1 is 1.04 bits per heavy atom. The van der Waals surface area contributed by atoms with Gasteiger partial charge in [0.15, 0.2) is 5.82 Å². The number of amides is 1. The van der Waals surface area contributed by atoms with Gasteiger partial charge in [-0.3, -0.25) is 14.9 Å². The van der Waals surface area contributed by atoms with E-state index in [9.17, 15) is 19.3 Å². The molecule has 0 saturated carbocycles. The summed E-state index contributed by atoms with van der Waals surface area (Å²) in [6.45, 7) is 5.61. The smallest absolute Gasteiger partial charge is 0.295 e. The maximum atomic E-state index is 14.6. The molecule has 0 radical (unpaired) electrons. The molecule has 1 aromatic rings. The average molecular weight is 378 g/mol. The van der Waals surface area contributed by atoms with Gasteiger partial charge in [0.05, 0.1) is 16.7 Å². The van der Waals surface area contributed by atoms with Gasteiger partial charge in [-0.15, -0.1) is 0 Å². The van der Waals surface area contributed by atoms with Gasteiger partial charge in [-0.1, -0.05) is 6.92 Å². The summed E-state index contributed by atoms with van der Waals surface area (Å²) >= 11 is 0. The Bertz CT molecular complexity index is 698. The lowest BCUT2D eigenvalue weighted by Gasteiger charge is -2.36. The van der Waals surface area contributed by atoms with Crippen LogP contribution in [0, 0.1) is 15.9 Å². The maximum absolute atomic E-state index is 14.6. The summed E-state index contributed by atoms with van der Waals surface area (Å²) in [5, 5.41) is 11.5. The van der Waals surface area contributed by atoms with Crippen molar-refractivity contribution in [1.82, 2.24) is 4.90 Å². The van der Waals surface area contributed by atoms with Gasteiger partial charge in [-0.2, -0.15) is 0 Å². The average Bonchev–Trinajstić information content (AvgIpc) is 2.68. The first-order valence-electron chi connectivity index (χ1n) is 9.77. The van der Waals surface area contributed by atoms with E-state index in [-0.39, 0.29) is 11.6 Å². The van der Waals surface area contributed by atoms with E-state index < -0.39 is 10.7 Å². The van der Waals surface area contributed by atoms with Crippen molar-refractivity contribution in [1.29, 1.82) is 0 Å². The molecule has 0 N–H and O–H groups in total. The van der Waals surface area contributed by atoms with E-state index in [4.69, 9.17) is 0 Å². The van der Waals surface area contributed by atoms with Crippen molar-refractivity contribution < 1.29 is 14.1 Å². The molecule has 0 bridgehead atoms. The van der Waals surface area contributed by atoms with Crippen LogP contribution in [0.1, 0.15) is 39.0 Å². The molecule has 0 unspecified atom stereocenters. The van der Waals surface area contributed by atoms with E-state index in [0.717, 1.165) is 44.8 Å². The predicted molar refractivity (Wildman–Crippen MR) is 103 cm³/mol. The SMILES string of the molecule is CCCC(=O)N1CCN(c2cc(N3CCCCC3)c(F)cc2[N+](=O)[O-])CC1. The molecule has 0 atom stereocenters. The van der Waals surface area contributed by atoms with Crippen LogP contribution in [0.3, 0.4) is 0 Å². The van der Waals surface area contributed by atoms with Gasteiger partial charge in [0.25, 0.3) is 5.69 Å². The molecule has 1 amide bonds. The zero-order valence-electron chi connectivity index (χ0n) is 15.8. The third-order valence-corrected chi connectivity index (χ3v) is 5.37. The van der Waals surface area contributed by atoms with Crippen LogP contribution >= 0.6 is 0 Å². The maximum Gasteiger partial charge on any atom is 0.295 e. The number of anilines is 2. The third-order valence-electron chi connectivity index (χ3n) is 5.37. The van der Waals surface area contributed by atoms with Crippen molar-refractivity contribution in [2.75, 3.05) is 49.1 Å². The first kappa shape index (κ1) is 19.4. The van der Waals surface area contributed by atoms with Gasteiger partial charge in [0, 0.05) is 45.7 Å². The second-order valence-electron chi connectivity index (χ2n) is 7.21. The van der Waals surface area contributed by atoms with Crippen molar-refractivity contribution in [3.63, 3.8) is 0 Å². The summed E-state index contributed by atoms with van der Waals surface area (Å²) in [4.78, 5) is 28.7. The molecule has 27 heavy (non-hydrogen) atoms. The molecule has 0 aromatic heterocycles. The molecule has 148 valence electrons.